The molecule has 8 heteroatoms. The Morgan fingerprint density at radius 1 is 1.14 bits per heavy atom. The van der Waals surface area contributed by atoms with E-state index >= 15 is 0 Å². The van der Waals surface area contributed by atoms with Gasteiger partial charge in [-0.15, -0.1) is 6.58 Å². The van der Waals surface area contributed by atoms with Crippen LogP contribution in [0.1, 0.15) is 10.4 Å². The lowest BCUT2D eigenvalue weighted by molar-refractivity contribution is 0.0746. The van der Waals surface area contributed by atoms with Crippen LogP contribution < -0.4 is 14.4 Å². The zero-order valence-corrected chi connectivity index (χ0v) is 17.2. The zero-order valence-electron chi connectivity index (χ0n) is 16.4. The molecule has 1 aliphatic rings. The van der Waals surface area contributed by atoms with Gasteiger partial charge < -0.3 is 14.5 Å². The molecule has 2 aromatic rings. The van der Waals surface area contributed by atoms with E-state index in [1.807, 2.05) is 24.3 Å². The molecule has 1 aliphatic heterocycles. The van der Waals surface area contributed by atoms with E-state index in [2.05, 4.69) is 16.2 Å². The fourth-order valence-corrected chi connectivity index (χ4v) is 4.25. The fourth-order valence-electron chi connectivity index (χ4n) is 3.21. The molecule has 0 aliphatic carbocycles. The zero-order chi connectivity index (χ0) is 20.9. The van der Waals surface area contributed by atoms with Crippen molar-refractivity contribution in [2.45, 2.75) is 4.90 Å². The minimum Gasteiger partial charge on any atom is -0.497 e. The number of nitrogens with one attached hydrogen (secondary N) is 1. The number of carbonyl (C=O) groups is 1. The van der Waals surface area contributed by atoms with Crippen molar-refractivity contribution in [1.29, 1.82) is 0 Å². The Kier molecular flexibility index (Phi) is 6.56. The topological polar surface area (TPSA) is 79.0 Å². The van der Waals surface area contributed by atoms with Crippen LogP contribution in [-0.4, -0.2) is 59.1 Å². The van der Waals surface area contributed by atoms with Crippen LogP contribution in [0.25, 0.3) is 0 Å². The average Bonchev–Trinajstić information content (AvgIpc) is 2.77. The Bertz CT molecular complexity index is 983. The summed E-state index contributed by atoms with van der Waals surface area (Å²) in [5.41, 5.74) is 1.42. The molecule has 0 radical (unpaired) electrons. The number of carbonyl (C=O) groups excluding carboxylic acids is 1. The molecule has 0 unspecified atom stereocenters. The second kappa shape index (κ2) is 9.11. The molecule has 1 N–H and O–H groups in total. The predicted octanol–water partition coefficient (Wildman–Crippen LogP) is 2.12. The van der Waals surface area contributed by atoms with Crippen LogP contribution in [0.15, 0.2) is 66.1 Å². The molecule has 0 bridgehead atoms. The van der Waals surface area contributed by atoms with Crippen LogP contribution in [0.3, 0.4) is 0 Å². The largest absolute Gasteiger partial charge is 0.497 e. The lowest BCUT2D eigenvalue weighted by Gasteiger charge is -2.36. The normalized spacial score (nSPS) is 14.5. The number of piperazine rings is 1. The first-order valence-corrected chi connectivity index (χ1v) is 10.8. The summed E-state index contributed by atoms with van der Waals surface area (Å²) < 4.78 is 32.3. The van der Waals surface area contributed by atoms with Crippen molar-refractivity contribution in [3.05, 3.63) is 66.7 Å². The van der Waals surface area contributed by atoms with Gasteiger partial charge >= 0.3 is 0 Å². The molecule has 1 amide bonds. The molecule has 1 heterocycles. The molecule has 1 saturated heterocycles. The van der Waals surface area contributed by atoms with Crippen molar-refractivity contribution in [2.75, 3.05) is 44.7 Å². The SMILES string of the molecule is C=CCNS(=O)(=O)c1cccc(C(=O)N2CCN(c3cccc(OC)c3)CC2)c1. The van der Waals surface area contributed by atoms with Gasteiger partial charge in [0, 0.05) is 50.0 Å². The summed E-state index contributed by atoms with van der Waals surface area (Å²) in [4.78, 5) is 16.9. The van der Waals surface area contributed by atoms with Crippen LogP contribution in [0.4, 0.5) is 5.69 Å². The first-order valence-electron chi connectivity index (χ1n) is 9.33. The van der Waals surface area contributed by atoms with Crippen LogP contribution in [0.2, 0.25) is 0 Å². The fraction of sp³-hybridized carbons (Fsp3) is 0.286. The third-order valence-electron chi connectivity index (χ3n) is 4.79. The number of nitrogens with zero attached hydrogens (tertiary/aromatic N) is 2. The molecule has 29 heavy (non-hydrogen) atoms. The molecular weight excluding hydrogens is 390 g/mol. The van der Waals surface area contributed by atoms with Crippen LogP contribution in [-0.2, 0) is 10.0 Å². The molecule has 0 spiro atoms. The van der Waals surface area contributed by atoms with Gasteiger partial charge in [-0.05, 0) is 30.3 Å². The van der Waals surface area contributed by atoms with Gasteiger partial charge in [0.25, 0.3) is 5.91 Å². The Hall–Kier alpha value is -2.84. The Morgan fingerprint density at radius 3 is 2.55 bits per heavy atom. The van der Waals surface area contributed by atoms with Gasteiger partial charge in [-0.1, -0.05) is 18.2 Å². The van der Waals surface area contributed by atoms with Gasteiger partial charge in [-0.3, -0.25) is 4.79 Å². The van der Waals surface area contributed by atoms with Gasteiger partial charge in [0.1, 0.15) is 5.75 Å². The van der Waals surface area contributed by atoms with Gasteiger partial charge in [-0.2, -0.15) is 0 Å². The highest BCUT2D eigenvalue weighted by Crippen LogP contribution is 2.23. The lowest BCUT2D eigenvalue weighted by Crippen LogP contribution is -2.48. The smallest absolute Gasteiger partial charge is 0.254 e. The highest BCUT2D eigenvalue weighted by atomic mass is 32.2. The first-order chi connectivity index (χ1) is 13.9. The summed E-state index contributed by atoms with van der Waals surface area (Å²) in [7, 11) is -2.04. The van der Waals surface area contributed by atoms with E-state index in [-0.39, 0.29) is 17.3 Å². The van der Waals surface area contributed by atoms with Gasteiger partial charge in [0.2, 0.25) is 10.0 Å². The second-order valence-electron chi connectivity index (χ2n) is 6.65. The summed E-state index contributed by atoms with van der Waals surface area (Å²) in [5.74, 6) is 0.625. The highest BCUT2D eigenvalue weighted by molar-refractivity contribution is 7.89. The molecule has 2 aromatic carbocycles. The quantitative estimate of drug-likeness (QED) is 0.701. The number of ether oxygens (including phenoxy) is 1. The van der Waals surface area contributed by atoms with Crippen molar-refractivity contribution in [2.24, 2.45) is 0 Å². The van der Waals surface area contributed by atoms with Gasteiger partial charge in [-0.25, -0.2) is 13.1 Å². The summed E-state index contributed by atoms with van der Waals surface area (Å²) in [6.45, 7) is 6.13. The number of amides is 1. The highest BCUT2D eigenvalue weighted by Gasteiger charge is 2.24. The number of benzene rings is 2. The number of rotatable bonds is 7. The van der Waals surface area contributed by atoms with Crippen LogP contribution >= 0.6 is 0 Å². The van der Waals surface area contributed by atoms with E-state index in [0.717, 1.165) is 11.4 Å². The molecule has 0 atom stereocenters. The first kappa shape index (κ1) is 20.9. The van der Waals surface area contributed by atoms with Crippen molar-refractivity contribution >= 4 is 21.6 Å². The lowest BCUT2D eigenvalue weighted by atomic mass is 10.1. The molecule has 154 valence electrons. The predicted molar refractivity (Wildman–Crippen MR) is 113 cm³/mol. The van der Waals surface area contributed by atoms with E-state index < -0.39 is 10.0 Å². The standard InChI is InChI=1S/C21H25N3O4S/c1-3-10-22-29(26,27)20-9-4-6-17(15-20)21(25)24-13-11-23(12-14-24)18-7-5-8-19(16-18)28-2/h3-9,15-16,22H,1,10-14H2,2H3. The molecule has 0 aromatic heterocycles. The van der Waals surface area contributed by atoms with Gasteiger partial charge in [0.15, 0.2) is 0 Å². The average molecular weight is 416 g/mol. The second-order valence-corrected chi connectivity index (χ2v) is 8.42. The number of anilines is 1. The maximum atomic E-state index is 12.9. The van der Waals surface area contributed by atoms with Crippen LogP contribution in [0, 0.1) is 0 Å². The maximum Gasteiger partial charge on any atom is 0.254 e. The molecule has 3 rings (SSSR count). The van der Waals surface area contributed by atoms with Crippen molar-refractivity contribution < 1.29 is 17.9 Å². The maximum absolute atomic E-state index is 12.9. The van der Waals surface area contributed by atoms with E-state index in [9.17, 15) is 13.2 Å². The number of hydrogen-bond acceptors (Lipinski definition) is 5. The molecule has 1 fully saturated rings. The summed E-state index contributed by atoms with van der Waals surface area (Å²) >= 11 is 0. The molecule has 7 nitrogen and oxygen atoms in total. The third-order valence-corrected chi connectivity index (χ3v) is 6.22. The minimum atomic E-state index is -3.67. The van der Waals surface area contributed by atoms with E-state index in [1.165, 1.54) is 18.2 Å². The Labute approximate surface area is 171 Å². The monoisotopic (exact) mass is 415 g/mol. The summed E-state index contributed by atoms with van der Waals surface area (Å²) in [6, 6.07) is 14.0. The van der Waals surface area contributed by atoms with Crippen molar-refractivity contribution in [3.63, 3.8) is 0 Å². The van der Waals surface area contributed by atoms with Gasteiger partial charge in [0.05, 0.1) is 12.0 Å². The molecular formula is C21H25N3O4S. The van der Waals surface area contributed by atoms with Crippen molar-refractivity contribution in [3.8, 4) is 5.75 Å². The Balaban J connectivity index is 1.68. The number of methoxy groups -OCH3 is 1. The van der Waals surface area contributed by atoms with E-state index in [1.54, 1.807) is 24.1 Å². The number of hydrogen-bond donors (Lipinski definition) is 1. The van der Waals surface area contributed by atoms with E-state index in [4.69, 9.17) is 4.74 Å². The van der Waals surface area contributed by atoms with E-state index in [0.29, 0.717) is 31.7 Å². The minimum absolute atomic E-state index is 0.0696. The molecule has 0 saturated carbocycles. The van der Waals surface area contributed by atoms with Crippen molar-refractivity contribution in [1.82, 2.24) is 9.62 Å². The summed E-state index contributed by atoms with van der Waals surface area (Å²) in [5, 5.41) is 0. The third kappa shape index (κ3) is 4.96. The Morgan fingerprint density at radius 2 is 1.86 bits per heavy atom. The number of sulfonamides is 1. The van der Waals surface area contributed by atoms with Crippen LogP contribution in [0.5, 0.6) is 5.75 Å². The summed E-state index contributed by atoms with van der Waals surface area (Å²) in [6.07, 6.45) is 1.47.